The third-order valence-corrected chi connectivity index (χ3v) is 8.91. The number of carbonyl (C=O) groups is 2. The van der Waals surface area contributed by atoms with Gasteiger partial charge in [-0.2, -0.15) is 0 Å². The highest BCUT2D eigenvalue weighted by atomic mass is 32.2. The van der Waals surface area contributed by atoms with Crippen LogP contribution in [0.15, 0.2) is 78.4 Å². The zero-order valence-corrected chi connectivity index (χ0v) is 26.5. The van der Waals surface area contributed by atoms with Crippen molar-refractivity contribution >= 4 is 44.0 Å². The number of anilines is 2. The van der Waals surface area contributed by atoms with Crippen LogP contribution in [-0.4, -0.2) is 72.4 Å². The first kappa shape index (κ1) is 31.3. The van der Waals surface area contributed by atoms with Crippen LogP contribution in [0.2, 0.25) is 0 Å². The number of thiazole rings is 1. The SMILES string of the molecule is CC(=O)N1CCCN(Cc2ccccc2)CCN(C(=O)Cc2csc(NS(C)(=O)=O)n2)Cc2cc(-c3cccnc3)ccc21. The number of hydrogen-bond acceptors (Lipinski definition) is 8. The van der Waals surface area contributed by atoms with E-state index >= 15 is 0 Å². The number of pyridine rings is 1. The van der Waals surface area contributed by atoms with E-state index < -0.39 is 10.0 Å². The molecule has 2 aromatic heterocycles. The van der Waals surface area contributed by atoms with Gasteiger partial charge in [-0.25, -0.2) is 13.4 Å². The molecule has 2 amide bonds. The Kier molecular flexibility index (Phi) is 10.0. The molecule has 0 saturated heterocycles. The van der Waals surface area contributed by atoms with Gasteiger partial charge in [-0.1, -0.05) is 42.5 Å². The van der Waals surface area contributed by atoms with Crippen LogP contribution in [0.1, 0.15) is 30.2 Å². The molecule has 0 bridgehead atoms. The van der Waals surface area contributed by atoms with Crippen LogP contribution in [-0.2, 0) is 39.1 Å². The highest BCUT2D eigenvalue weighted by Gasteiger charge is 2.24. The molecule has 230 valence electrons. The predicted octanol–water partition coefficient (Wildman–Crippen LogP) is 4.41. The summed E-state index contributed by atoms with van der Waals surface area (Å²) in [4.78, 5) is 41.4. The molecule has 0 radical (unpaired) electrons. The van der Waals surface area contributed by atoms with Gasteiger partial charge in [0.2, 0.25) is 21.8 Å². The average Bonchev–Trinajstić information content (AvgIpc) is 3.41. The summed E-state index contributed by atoms with van der Waals surface area (Å²) >= 11 is 1.14. The maximum absolute atomic E-state index is 13.9. The minimum atomic E-state index is -3.48. The highest BCUT2D eigenvalue weighted by molar-refractivity contribution is 7.92. The monoisotopic (exact) mass is 632 g/mol. The van der Waals surface area contributed by atoms with E-state index in [1.807, 2.05) is 53.4 Å². The van der Waals surface area contributed by atoms with Crippen LogP contribution in [0.4, 0.5) is 10.8 Å². The standard InChI is InChI=1S/C32H36N6O4S2/c1-24(39)38-15-7-14-36(21-25-8-4-3-5-9-25)16-17-37(31(40)19-29-23-43-32(34-29)35-44(2,41)42)22-28-18-26(11-12-30(28)38)27-10-6-13-33-20-27/h3-6,8-13,18,20,23H,7,14-17,19,21-22H2,1-2H3,(H,34,35). The van der Waals surface area contributed by atoms with Gasteiger partial charge in [0, 0.05) is 69.7 Å². The molecule has 3 heterocycles. The molecule has 4 aromatic rings. The molecule has 10 nitrogen and oxygen atoms in total. The zero-order valence-electron chi connectivity index (χ0n) is 24.8. The molecule has 1 aliphatic rings. The molecule has 12 heteroatoms. The van der Waals surface area contributed by atoms with Crippen LogP contribution in [0.25, 0.3) is 11.1 Å². The number of hydrogen-bond donors (Lipinski definition) is 1. The van der Waals surface area contributed by atoms with E-state index in [0.717, 1.165) is 59.5 Å². The molecule has 0 atom stereocenters. The van der Waals surface area contributed by atoms with Crippen molar-refractivity contribution in [1.82, 2.24) is 19.8 Å². The van der Waals surface area contributed by atoms with E-state index in [1.54, 1.807) is 29.6 Å². The smallest absolute Gasteiger partial charge is 0.231 e. The second kappa shape index (κ2) is 14.1. The Labute approximate surface area is 262 Å². The summed E-state index contributed by atoms with van der Waals surface area (Å²) in [5.74, 6) is -0.187. The second-order valence-electron chi connectivity index (χ2n) is 10.9. The first-order chi connectivity index (χ1) is 21.1. The summed E-state index contributed by atoms with van der Waals surface area (Å²) in [6, 6.07) is 20.1. The summed E-state index contributed by atoms with van der Waals surface area (Å²) in [6.45, 7) is 5.04. The maximum Gasteiger partial charge on any atom is 0.231 e. The Morgan fingerprint density at radius 1 is 0.977 bits per heavy atom. The molecule has 1 N–H and O–H groups in total. The summed E-state index contributed by atoms with van der Waals surface area (Å²) < 4.78 is 25.7. The Morgan fingerprint density at radius 3 is 2.52 bits per heavy atom. The fourth-order valence-corrected chi connectivity index (χ4v) is 6.88. The average molecular weight is 633 g/mol. The number of fused-ring (bicyclic) bond motifs is 1. The number of amides is 2. The number of carbonyl (C=O) groups excluding carboxylic acids is 2. The first-order valence-electron chi connectivity index (χ1n) is 14.4. The number of nitrogens with zero attached hydrogens (tertiary/aromatic N) is 5. The lowest BCUT2D eigenvalue weighted by Crippen LogP contribution is -2.39. The quantitative estimate of drug-likeness (QED) is 0.321. The van der Waals surface area contributed by atoms with Gasteiger partial charge < -0.3 is 9.80 Å². The molecule has 0 spiro atoms. The Bertz CT molecular complexity index is 1700. The summed E-state index contributed by atoms with van der Waals surface area (Å²) in [7, 11) is -3.48. The normalized spacial score (nSPS) is 14.9. The van der Waals surface area contributed by atoms with Gasteiger partial charge in [0.05, 0.1) is 18.4 Å². The number of nitrogens with one attached hydrogen (secondary N) is 1. The highest BCUT2D eigenvalue weighted by Crippen LogP contribution is 2.30. The molecule has 44 heavy (non-hydrogen) atoms. The molecule has 0 saturated carbocycles. The van der Waals surface area contributed by atoms with Crippen LogP contribution < -0.4 is 9.62 Å². The van der Waals surface area contributed by atoms with Crippen molar-refractivity contribution in [3.63, 3.8) is 0 Å². The fraction of sp³-hybridized carbons (Fsp3) is 0.312. The van der Waals surface area contributed by atoms with E-state index in [-0.39, 0.29) is 23.4 Å². The van der Waals surface area contributed by atoms with Crippen molar-refractivity contribution in [3.05, 3.63) is 95.3 Å². The van der Waals surface area contributed by atoms with E-state index in [0.29, 0.717) is 31.9 Å². The maximum atomic E-state index is 13.9. The van der Waals surface area contributed by atoms with E-state index in [4.69, 9.17) is 0 Å². The molecule has 2 aromatic carbocycles. The van der Waals surface area contributed by atoms with Gasteiger partial charge in [0.25, 0.3) is 0 Å². The van der Waals surface area contributed by atoms with Crippen molar-refractivity contribution in [2.45, 2.75) is 32.9 Å². The first-order valence-corrected chi connectivity index (χ1v) is 17.2. The largest absolute Gasteiger partial charge is 0.337 e. The van der Waals surface area contributed by atoms with Gasteiger partial charge >= 0.3 is 0 Å². The number of benzene rings is 2. The van der Waals surface area contributed by atoms with Crippen LogP contribution in [0.5, 0.6) is 0 Å². The third-order valence-electron chi connectivity index (χ3n) is 7.41. The fourth-order valence-electron chi connectivity index (χ4n) is 5.32. The lowest BCUT2D eigenvalue weighted by Gasteiger charge is -2.28. The van der Waals surface area contributed by atoms with Crippen molar-refractivity contribution in [1.29, 1.82) is 0 Å². The van der Waals surface area contributed by atoms with Crippen molar-refractivity contribution in [2.24, 2.45) is 0 Å². The molecule has 0 aliphatic carbocycles. The van der Waals surface area contributed by atoms with Crippen LogP contribution in [0.3, 0.4) is 0 Å². The summed E-state index contributed by atoms with van der Waals surface area (Å²) in [5, 5.41) is 1.93. The molecule has 5 rings (SSSR count). The van der Waals surface area contributed by atoms with Gasteiger partial charge in [-0.3, -0.25) is 24.2 Å². The molecular formula is C32H36N6O4S2. The lowest BCUT2D eigenvalue weighted by atomic mass is 10.0. The van der Waals surface area contributed by atoms with Crippen molar-refractivity contribution < 1.29 is 18.0 Å². The number of aromatic nitrogens is 2. The summed E-state index contributed by atoms with van der Waals surface area (Å²) in [5.41, 5.74) is 5.22. The Hall–Kier alpha value is -4.13. The van der Waals surface area contributed by atoms with E-state index in [1.165, 1.54) is 5.56 Å². The van der Waals surface area contributed by atoms with Gasteiger partial charge in [-0.05, 0) is 46.9 Å². The Balaban J connectivity index is 1.48. The van der Waals surface area contributed by atoms with Crippen molar-refractivity contribution in [2.75, 3.05) is 42.1 Å². The second-order valence-corrected chi connectivity index (χ2v) is 13.5. The number of sulfonamides is 1. The molecule has 0 fully saturated rings. The van der Waals surface area contributed by atoms with Gasteiger partial charge in [0.1, 0.15) is 0 Å². The topological polar surface area (TPSA) is 116 Å². The third kappa shape index (κ3) is 8.49. The molecule has 1 aliphatic heterocycles. The van der Waals surface area contributed by atoms with Crippen LogP contribution in [0, 0.1) is 0 Å². The van der Waals surface area contributed by atoms with E-state index in [2.05, 4.69) is 31.7 Å². The van der Waals surface area contributed by atoms with E-state index in [9.17, 15) is 18.0 Å². The summed E-state index contributed by atoms with van der Waals surface area (Å²) in [6.07, 6.45) is 5.39. The minimum Gasteiger partial charge on any atom is -0.337 e. The molecule has 0 unspecified atom stereocenters. The van der Waals surface area contributed by atoms with Crippen LogP contribution >= 0.6 is 11.3 Å². The number of rotatable bonds is 7. The molecular weight excluding hydrogens is 597 g/mol. The zero-order chi connectivity index (χ0) is 31.1. The van der Waals surface area contributed by atoms with Gasteiger partial charge in [0.15, 0.2) is 5.13 Å². The predicted molar refractivity (Wildman–Crippen MR) is 174 cm³/mol. The lowest BCUT2D eigenvalue weighted by molar-refractivity contribution is -0.131. The Morgan fingerprint density at radius 2 is 1.80 bits per heavy atom. The minimum absolute atomic E-state index is 0.0225. The van der Waals surface area contributed by atoms with Crippen molar-refractivity contribution in [3.8, 4) is 11.1 Å². The van der Waals surface area contributed by atoms with Gasteiger partial charge in [-0.15, -0.1) is 11.3 Å².